The minimum atomic E-state index is 0.204. The van der Waals surface area contributed by atoms with Gasteiger partial charge in [-0.1, -0.05) is 32.9 Å². The second kappa shape index (κ2) is 6.40. The summed E-state index contributed by atoms with van der Waals surface area (Å²) in [6, 6.07) is 8.42. The van der Waals surface area contributed by atoms with Gasteiger partial charge in [0.25, 0.3) is 0 Å². The number of hydrogen-bond donors (Lipinski definition) is 1. The summed E-state index contributed by atoms with van der Waals surface area (Å²) in [5.74, 6) is 1.15. The van der Waals surface area contributed by atoms with Gasteiger partial charge in [0, 0.05) is 12.1 Å². The summed E-state index contributed by atoms with van der Waals surface area (Å²) in [6.45, 7) is 10.9. The molecule has 110 valence electrons. The third-order valence-corrected chi connectivity index (χ3v) is 4.41. The fourth-order valence-electron chi connectivity index (χ4n) is 2.53. The standard InChI is InChI=1S/C17H27N3/c1-5-12-20-15-11-9-8-10-14(15)19-16(20)13-18-17(4,6-2)7-3/h8-11,18H,5-7,12-13H2,1-4H3. The van der Waals surface area contributed by atoms with Gasteiger partial charge in [-0.2, -0.15) is 0 Å². The Labute approximate surface area is 122 Å². The maximum atomic E-state index is 4.80. The van der Waals surface area contributed by atoms with Gasteiger partial charge in [0.1, 0.15) is 5.82 Å². The number of aryl methyl sites for hydroxylation is 1. The Bertz CT molecular complexity index is 552. The summed E-state index contributed by atoms with van der Waals surface area (Å²) < 4.78 is 2.36. The number of imidazole rings is 1. The lowest BCUT2D eigenvalue weighted by atomic mass is 9.96. The van der Waals surface area contributed by atoms with E-state index in [0.29, 0.717) is 0 Å². The molecule has 0 aliphatic rings. The lowest BCUT2D eigenvalue weighted by Gasteiger charge is -2.28. The van der Waals surface area contributed by atoms with Crippen molar-refractivity contribution in [3.8, 4) is 0 Å². The Kier molecular flexibility index (Phi) is 4.81. The largest absolute Gasteiger partial charge is 0.327 e. The Balaban J connectivity index is 2.27. The van der Waals surface area contributed by atoms with Crippen molar-refractivity contribution < 1.29 is 0 Å². The average Bonchev–Trinajstić information content (AvgIpc) is 2.83. The van der Waals surface area contributed by atoms with E-state index >= 15 is 0 Å². The van der Waals surface area contributed by atoms with Crippen LogP contribution in [0.2, 0.25) is 0 Å². The predicted molar refractivity (Wildman–Crippen MR) is 85.9 cm³/mol. The van der Waals surface area contributed by atoms with Gasteiger partial charge >= 0.3 is 0 Å². The monoisotopic (exact) mass is 273 g/mol. The number of para-hydroxylation sites is 2. The molecule has 1 aromatic heterocycles. The second-order valence-corrected chi connectivity index (χ2v) is 5.79. The molecule has 0 aliphatic heterocycles. The molecule has 0 saturated heterocycles. The van der Waals surface area contributed by atoms with Gasteiger partial charge < -0.3 is 9.88 Å². The highest BCUT2D eigenvalue weighted by molar-refractivity contribution is 5.75. The molecule has 0 radical (unpaired) electrons. The quantitative estimate of drug-likeness (QED) is 0.822. The van der Waals surface area contributed by atoms with E-state index in [4.69, 9.17) is 4.98 Å². The topological polar surface area (TPSA) is 29.9 Å². The highest BCUT2D eigenvalue weighted by Gasteiger charge is 2.20. The molecular weight excluding hydrogens is 246 g/mol. The van der Waals surface area contributed by atoms with Crippen molar-refractivity contribution >= 4 is 11.0 Å². The van der Waals surface area contributed by atoms with E-state index in [1.165, 1.54) is 5.52 Å². The van der Waals surface area contributed by atoms with Crippen LogP contribution in [0.5, 0.6) is 0 Å². The highest BCUT2D eigenvalue weighted by atomic mass is 15.1. The summed E-state index contributed by atoms with van der Waals surface area (Å²) in [5.41, 5.74) is 2.56. The molecule has 0 atom stereocenters. The van der Waals surface area contributed by atoms with Crippen molar-refractivity contribution in [2.24, 2.45) is 0 Å². The van der Waals surface area contributed by atoms with Gasteiger partial charge in [-0.05, 0) is 38.3 Å². The molecule has 1 N–H and O–H groups in total. The summed E-state index contributed by atoms with van der Waals surface area (Å²) in [4.78, 5) is 4.80. The first-order valence-electron chi connectivity index (χ1n) is 7.82. The molecule has 0 bridgehead atoms. The normalized spacial score (nSPS) is 12.2. The number of benzene rings is 1. The van der Waals surface area contributed by atoms with Crippen LogP contribution in [0.4, 0.5) is 0 Å². The fourth-order valence-corrected chi connectivity index (χ4v) is 2.53. The number of fused-ring (bicyclic) bond motifs is 1. The Morgan fingerprint density at radius 3 is 2.50 bits per heavy atom. The molecule has 0 spiro atoms. The van der Waals surface area contributed by atoms with Crippen molar-refractivity contribution in [3.05, 3.63) is 30.1 Å². The van der Waals surface area contributed by atoms with E-state index < -0.39 is 0 Å². The maximum absolute atomic E-state index is 4.80. The molecule has 0 saturated carbocycles. The van der Waals surface area contributed by atoms with E-state index in [1.54, 1.807) is 0 Å². The molecule has 1 heterocycles. The summed E-state index contributed by atoms with van der Waals surface area (Å²) >= 11 is 0. The first-order valence-corrected chi connectivity index (χ1v) is 7.82. The van der Waals surface area contributed by atoms with Crippen molar-refractivity contribution in [2.45, 2.75) is 65.6 Å². The van der Waals surface area contributed by atoms with Gasteiger partial charge in [0.15, 0.2) is 0 Å². The molecule has 1 aromatic carbocycles. The fraction of sp³-hybridized carbons (Fsp3) is 0.588. The maximum Gasteiger partial charge on any atom is 0.123 e. The van der Waals surface area contributed by atoms with Crippen molar-refractivity contribution in [2.75, 3.05) is 0 Å². The number of nitrogens with one attached hydrogen (secondary N) is 1. The number of nitrogens with zero attached hydrogens (tertiary/aromatic N) is 2. The third-order valence-electron chi connectivity index (χ3n) is 4.41. The molecule has 0 unspecified atom stereocenters. The second-order valence-electron chi connectivity index (χ2n) is 5.79. The molecule has 3 nitrogen and oxygen atoms in total. The van der Waals surface area contributed by atoms with Crippen LogP contribution in [-0.4, -0.2) is 15.1 Å². The molecule has 2 aromatic rings. The minimum absolute atomic E-state index is 0.204. The predicted octanol–water partition coefficient (Wildman–Crippen LogP) is 4.11. The zero-order valence-electron chi connectivity index (χ0n) is 13.2. The van der Waals surface area contributed by atoms with Crippen LogP contribution in [0.25, 0.3) is 11.0 Å². The van der Waals surface area contributed by atoms with Gasteiger partial charge in [-0.25, -0.2) is 4.98 Å². The molecule has 0 fully saturated rings. The molecule has 2 rings (SSSR count). The van der Waals surface area contributed by atoms with Crippen LogP contribution in [-0.2, 0) is 13.1 Å². The van der Waals surface area contributed by atoms with Crippen LogP contribution >= 0.6 is 0 Å². The Morgan fingerprint density at radius 1 is 1.15 bits per heavy atom. The average molecular weight is 273 g/mol. The number of aromatic nitrogens is 2. The number of hydrogen-bond acceptors (Lipinski definition) is 2. The van der Waals surface area contributed by atoms with Crippen LogP contribution in [0.1, 0.15) is 52.8 Å². The van der Waals surface area contributed by atoms with Gasteiger partial charge in [-0.3, -0.25) is 0 Å². The lowest BCUT2D eigenvalue weighted by Crippen LogP contribution is -2.41. The van der Waals surface area contributed by atoms with Crippen molar-refractivity contribution in [1.82, 2.24) is 14.9 Å². The smallest absolute Gasteiger partial charge is 0.123 e. The third kappa shape index (κ3) is 3.04. The van der Waals surface area contributed by atoms with E-state index in [9.17, 15) is 0 Å². The number of rotatable bonds is 7. The molecule has 0 amide bonds. The van der Waals surface area contributed by atoms with Crippen LogP contribution in [0.15, 0.2) is 24.3 Å². The van der Waals surface area contributed by atoms with Crippen LogP contribution in [0, 0.1) is 0 Å². The first-order chi connectivity index (χ1) is 9.63. The van der Waals surface area contributed by atoms with Crippen LogP contribution < -0.4 is 5.32 Å². The van der Waals surface area contributed by atoms with E-state index in [2.05, 4.69) is 61.8 Å². The van der Waals surface area contributed by atoms with Crippen molar-refractivity contribution in [1.29, 1.82) is 0 Å². The van der Waals surface area contributed by atoms with E-state index in [-0.39, 0.29) is 5.54 Å². The van der Waals surface area contributed by atoms with Gasteiger partial charge in [0.2, 0.25) is 0 Å². The molecule has 20 heavy (non-hydrogen) atoms. The SMILES string of the molecule is CCCn1c(CNC(C)(CC)CC)nc2ccccc21. The van der Waals surface area contributed by atoms with E-state index in [0.717, 1.165) is 43.7 Å². The Morgan fingerprint density at radius 2 is 1.85 bits per heavy atom. The van der Waals surface area contributed by atoms with E-state index in [1.807, 2.05) is 0 Å². The first kappa shape index (κ1) is 15.0. The summed E-state index contributed by atoms with van der Waals surface area (Å²) in [5, 5.41) is 3.69. The minimum Gasteiger partial charge on any atom is -0.327 e. The van der Waals surface area contributed by atoms with Crippen molar-refractivity contribution in [3.63, 3.8) is 0 Å². The molecular formula is C17H27N3. The van der Waals surface area contributed by atoms with Gasteiger partial charge in [0.05, 0.1) is 17.6 Å². The molecule has 0 aliphatic carbocycles. The zero-order valence-corrected chi connectivity index (χ0v) is 13.2. The Hall–Kier alpha value is -1.35. The van der Waals surface area contributed by atoms with Gasteiger partial charge in [-0.15, -0.1) is 0 Å². The lowest BCUT2D eigenvalue weighted by molar-refractivity contribution is 0.323. The van der Waals surface area contributed by atoms with Crippen LogP contribution in [0.3, 0.4) is 0 Å². The zero-order chi connectivity index (χ0) is 14.6. The summed E-state index contributed by atoms with van der Waals surface area (Å²) in [7, 11) is 0. The molecule has 3 heteroatoms. The summed E-state index contributed by atoms with van der Waals surface area (Å²) in [6.07, 6.45) is 3.40. The highest BCUT2D eigenvalue weighted by Crippen LogP contribution is 2.19.